The van der Waals surface area contributed by atoms with E-state index in [-0.39, 0.29) is 0 Å². The van der Waals surface area contributed by atoms with E-state index in [1.807, 2.05) is 30.3 Å². The van der Waals surface area contributed by atoms with Crippen LogP contribution in [0.25, 0.3) is 0 Å². The fraction of sp³-hybridized carbons (Fsp3) is 0.684. The van der Waals surface area contributed by atoms with Crippen LogP contribution in [0.3, 0.4) is 0 Å². The topological polar surface area (TPSA) is 21.3 Å². The third-order valence-corrected chi connectivity index (χ3v) is 3.72. The third-order valence-electron chi connectivity index (χ3n) is 3.72. The number of hydrogen-bond acceptors (Lipinski definition) is 2. The molecule has 0 bridgehead atoms. The molecule has 21 heavy (non-hydrogen) atoms. The fourth-order valence-electron chi connectivity index (χ4n) is 2.41. The van der Waals surface area contributed by atoms with Crippen LogP contribution in [0.5, 0.6) is 5.75 Å². The van der Waals surface area contributed by atoms with E-state index in [4.69, 9.17) is 4.74 Å². The van der Waals surface area contributed by atoms with Gasteiger partial charge in [0.05, 0.1) is 6.61 Å². The molecule has 0 radical (unpaired) electrons. The summed E-state index contributed by atoms with van der Waals surface area (Å²) in [6.45, 7) is 5.29. The second kappa shape index (κ2) is 13.9. The van der Waals surface area contributed by atoms with Crippen LogP contribution < -0.4 is 10.1 Å². The van der Waals surface area contributed by atoms with E-state index in [1.54, 1.807) is 0 Å². The average Bonchev–Trinajstić information content (AvgIpc) is 2.53. The summed E-state index contributed by atoms with van der Waals surface area (Å²) in [7, 11) is 0. The first kappa shape index (κ1) is 18.0. The van der Waals surface area contributed by atoms with Gasteiger partial charge in [0.25, 0.3) is 0 Å². The van der Waals surface area contributed by atoms with Crippen molar-refractivity contribution in [3.05, 3.63) is 30.3 Å². The van der Waals surface area contributed by atoms with Crippen LogP contribution in [-0.4, -0.2) is 19.7 Å². The predicted octanol–water partition coefficient (Wildman–Crippen LogP) is 5.19. The minimum atomic E-state index is 0.800. The van der Waals surface area contributed by atoms with Gasteiger partial charge in [0, 0.05) is 0 Å². The molecular formula is C19H33NO. The Labute approximate surface area is 131 Å². The Morgan fingerprint density at radius 2 is 1.38 bits per heavy atom. The first-order valence-electron chi connectivity index (χ1n) is 8.82. The van der Waals surface area contributed by atoms with Crippen LogP contribution in [0, 0.1) is 0 Å². The van der Waals surface area contributed by atoms with Crippen LogP contribution in [0.2, 0.25) is 0 Å². The zero-order valence-corrected chi connectivity index (χ0v) is 13.8. The number of ether oxygens (including phenoxy) is 1. The van der Waals surface area contributed by atoms with Crippen LogP contribution in [0.15, 0.2) is 30.3 Å². The summed E-state index contributed by atoms with van der Waals surface area (Å²) in [4.78, 5) is 0. The van der Waals surface area contributed by atoms with E-state index in [0.717, 1.165) is 31.9 Å². The van der Waals surface area contributed by atoms with Crippen LogP contribution in [0.4, 0.5) is 0 Å². The molecule has 1 rings (SSSR count). The molecule has 0 heterocycles. The van der Waals surface area contributed by atoms with Crippen molar-refractivity contribution < 1.29 is 4.74 Å². The van der Waals surface area contributed by atoms with Gasteiger partial charge in [0.15, 0.2) is 0 Å². The maximum Gasteiger partial charge on any atom is 0.119 e. The summed E-state index contributed by atoms with van der Waals surface area (Å²) in [5, 5.41) is 3.50. The van der Waals surface area contributed by atoms with Gasteiger partial charge in [0.2, 0.25) is 0 Å². The lowest BCUT2D eigenvalue weighted by Gasteiger charge is -2.07. The van der Waals surface area contributed by atoms with E-state index in [0.29, 0.717) is 0 Å². The highest BCUT2D eigenvalue weighted by atomic mass is 16.5. The minimum Gasteiger partial charge on any atom is -0.494 e. The Kier molecular flexibility index (Phi) is 12.0. The number of benzene rings is 1. The number of rotatable bonds is 14. The maximum atomic E-state index is 5.66. The Balaban J connectivity index is 1.75. The molecule has 1 aromatic carbocycles. The smallest absolute Gasteiger partial charge is 0.119 e. The molecule has 0 amide bonds. The largest absolute Gasteiger partial charge is 0.494 e. The van der Waals surface area contributed by atoms with E-state index >= 15 is 0 Å². The number of unbranched alkanes of at least 4 members (excludes halogenated alkanes) is 7. The van der Waals surface area contributed by atoms with E-state index in [2.05, 4.69) is 12.2 Å². The third kappa shape index (κ3) is 11.3. The lowest BCUT2D eigenvalue weighted by atomic mass is 10.1. The molecule has 2 heteroatoms. The van der Waals surface area contributed by atoms with Gasteiger partial charge >= 0.3 is 0 Å². The Bertz CT molecular complexity index is 313. The van der Waals surface area contributed by atoms with Gasteiger partial charge in [-0.25, -0.2) is 0 Å². The van der Waals surface area contributed by atoms with Crippen molar-refractivity contribution >= 4 is 0 Å². The van der Waals surface area contributed by atoms with Crippen LogP contribution in [-0.2, 0) is 0 Å². The van der Waals surface area contributed by atoms with Gasteiger partial charge in [-0.2, -0.15) is 0 Å². The number of para-hydroxylation sites is 1. The average molecular weight is 291 g/mol. The zero-order chi connectivity index (χ0) is 15.0. The molecule has 0 saturated carbocycles. The Hall–Kier alpha value is -1.02. The Morgan fingerprint density at radius 3 is 2.10 bits per heavy atom. The monoisotopic (exact) mass is 291 g/mol. The molecule has 2 nitrogen and oxygen atoms in total. The normalized spacial score (nSPS) is 10.7. The lowest BCUT2D eigenvalue weighted by Crippen LogP contribution is -2.18. The maximum absolute atomic E-state index is 5.66. The van der Waals surface area contributed by atoms with Crippen molar-refractivity contribution in [3.63, 3.8) is 0 Å². The van der Waals surface area contributed by atoms with E-state index in [9.17, 15) is 0 Å². The van der Waals surface area contributed by atoms with Crippen molar-refractivity contribution in [2.24, 2.45) is 0 Å². The van der Waals surface area contributed by atoms with Gasteiger partial charge in [-0.05, 0) is 38.1 Å². The van der Waals surface area contributed by atoms with Crippen molar-refractivity contribution in [1.82, 2.24) is 5.32 Å². The number of nitrogens with one attached hydrogen (secondary N) is 1. The van der Waals surface area contributed by atoms with Gasteiger partial charge in [-0.15, -0.1) is 0 Å². The lowest BCUT2D eigenvalue weighted by molar-refractivity contribution is 0.308. The highest BCUT2D eigenvalue weighted by Gasteiger charge is 1.93. The first-order valence-corrected chi connectivity index (χ1v) is 8.82. The van der Waals surface area contributed by atoms with Crippen molar-refractivity contribution in [2.75, 3.05) is 19.7 Å². The SMILES string of the molecule is CCCCCCCCCCNCCCOc1ccccc1. The van der Waals surface area contributed by atoms with Crippen LogP contribution >= 0.6 is 0 Å². The summed E-state index contributed by atoms with van der Waals surface area (Å²) >= 11 is 0. The molecule has 0 atom stereocenters. The summed E-state index contributed by atoms with van der Waals surface area (Å²) in [6.07, 6.45) is 12.2. The molecule has 120 valence electrons. The first-order chi connectivity index (χ1) is 10.4. The summed E-state index contributed by atoms with van der Waals surface area (Å²) < 4.78 is 5.66. The van der Waals surface area contributed by atoms with Crippen molar-refractivity contribution in [2.45, 2.75) is 64.7 Å². The minimum absolute atomic E-state index is 0.800. The molecule has 0 unspecified atom stereocenters. The molecule has 1 aromatic rings. The summed E-state index contributed by atoms with van der Waals surface area (Å²) in [5.41, 5.74) is 0. The molecule has 1 N–H and O–H groups in total. The molecule has 0 aliphatic heterocycles. The highest BCUT2D eigenvalue weighted by molar-refractivity contribution is 5.20. The summed E-state index contributed by atoms with van der Waals surface area (Å²) in [6, 6.07) is 10.0. The molecule has 0 saturated heterocycles. The van der Waals surface area contributed by atoms with Crippen LogP contribution in [0.1, 0.15) is 64.7 Å². The van der Waals surface area contributed by atoms with E-state index < -0.39 is 0 Å². The van der Waals surface area contributed by atoms with Gasteiger partial charge in [-0.1, -0.05) is 70.1 Å². The van der Waals surface area contributed by atoms with E-state index in [1.165, 1.54) is 51.4 Å². The van der Waals surface area contributed by atoms with Gasteiger partial charge < -0.3 is 10.1 Å². The fourth-order valence-corrected chi connectivity index (χ4v) is 2.41. The zero-order valence-electron chi connectivity index (χ0n) is 13.8. The second-order valence-electron chi connectivity index (χ2n) is 5.74. The molecular weight excluding hydrogens is 258 g/mol. The molecule has 0 aliphatic carbocycles. The second-order valence-corrected chi connectivity index (χ2v) is 5.74. The number of hydrogen-bond donors (Lipinski definition) is 1. The molecule has 0 fully saturated rings. The van der Waals surface area contributed by atoms with Crippen molar-refractivity contribution in [1.29, 1.82) is 0 Å². The van der Waals surface area contributed by atoms with Gasteiger partial charge in [0.1, 0.15) is 5.75 Å². The highest BCUT2D eigenvalue weighted by Crippen LogP contribution is 2.09. The van der Waals surface area contributed by atoms with Gasteiger partial charge in [-0.3, -0.25) is 0 Å². The molecule has 0 spiro atoms. The summed E-state index contributed by atoms with van der Waals surface area (Å²) in [5.74, 6) is 0.973. The standard InChI is InChI=1S/C19H33NO/c1-2-3-4-5-6-7-8-12-16-20-17-13-18-21-19-14-10-9-11-15-19/h9-11,14-15,20H,2-8,12-13,16-18H2,1H3. The van der Waals surface area contributed by atoms with Crippen molar-refractivity contribution in [3.8, 4) is 5.75 Å². The quantitative estimate of drug-likeness (QED) is 0.476. The molecule has 0 aromatic heterocycles. The predicted molar refractivity (Wildman–Crippen MR) is 92.0 cm³/mol. The Morgan fingerprint density at radius 1 is 0.762 bits per heavy atom. The molecule has 0 aliphatic rings.